The molecule has 3 aromatic rings. The minimum atomic E-state index is -0.516. The highest BCUT2D eigenvalue weighted by molar-refractivity contribution is 8.18. The van der Waals surface area contributed by atoms with Crippen LogP contribution in [-0.4, -0.2) is 27.5 Å². The molecule has 0 bridgehead atoms. The van der Waals surface area contributed by atoms with Gasteiger partial charge in [0.05, 0.1) is 14.9 Å². The van der Waals surface area contributed by atoms with Crippen molar-refractivity contribution >= 4 is 46.3 Å². The second kappa shape index (κ2) is 9.42. The topological polar surface area (TPSA) is 93.7 Å². The van der Waals surface area contributed by atoms with E-state index in [0.717, 1.165) is 23.7 Å². The second-order valence-corrected chi connectivity index (χ2v) is 8.45. The van der Waals surface area contributed by atoms with Gasteiger partial charge in [0.1, 0.15) is 11.5 Å². The van der Waals surface area contributed by atoms with E-state index in [1.807, 2.05) is 30.3 Å². The number of benzene rings is 2. The highest BCUT2D eigenvalue weighted by Crippen LogP contribution is 2.35. The first-order valence-electron chi connectivity index (χ1n) is 9.76. The lowest BCUT2D eigenvalue weighted by atomic mass is 10.1. The van der Waals surface area contributed by atoms with Crippen molar-refractivity contribution in [1.82, 2.24) is 4.90 Å². The van der Waals surface area contributed by atoms with Crippen LogP contribution in [0.15, 0.2) is 70.0 Å². The molecule has 0 radical (unpaired) electrons. The number of carbonyl (C=O) groups is 2. The molecule has 1 aliphatic rings. The van der Waals surface area contributed by atoms with Gasteiger partial charge < -0.3 is 4.42 Å². The Morgan fingerprint density at radius 3 is 2.62 bits per heavy atom. The quantitative estimate of drug-likeness (QED) is 0.233. The van der Waals surface area contributed by atoms with E-state index in [-0.39, 0.29) is 21.7 Å². The normalized spacial score (nSPS) is 15.0. The Bertz CT molecular complexity index is 1220. The molecule has 0 saturated carbocycles. The lowest BCUT2D eigenvalue weighted by Gasteiger charge is -2.11. The minimum Gasteiger partial charge on any atom is -0.457 e. The van der Waals surface area contributed by atoms with E-state index in [1.165, 1.54) is 29.2 Å². The lowest BCUT2D eigenvalue weighted by Crippen LogP contribution is -2.29. The van der Waals surface area contributed by atoms with Crippen LogP contribution in [0.5, 0.6) is 0 Å². The van der Waals surface area contributed by atoms with Gasteiger partial charge in [0, 0.05) is 30.3 Å². The van der Waals surface area contributed by atoms with Crippen LogP contribution in [-0.2, 0) is 11.2 Å². The summed E-state index contributed by atoms with van der Waals surface area (Å²) in [6.07, 6.45) is 2.94. The van der Waals surface area contributed by atoms with Crippen LogP contribution >= 0.6 is 23.4 Å². The van der Waals surface area contributed by atoms with Crippen molar-refractivity contribution in [3.63, 3.8) is 0 Å². The van der Waals surface area contributed by atoms with Crippen molar-refractivity contribution in [2.45, 2.75) is 12.8 Å². The fourth-order valence-corrected chi connectivity index (χ4v) is 4.35. The zero-order valence-electron chi connectivity index (χ0n) is 16.7. The third-order valence-electron chi connectivity index (χ3n) is 4.89. The number of furan rings is 1. The van der Waals surface area contributed by atoms with Gasteiger partial charge in [0.2, 0.25) is 0 Å². The molecule has 1 fully saturated rings. The number of nitro benzene ring substituents is 1. The van der Waals surface area contributed by atoms with Crippen molar-refractivity contribution in [1.29, 1.82) is 0 Å². The van der Waals surface area contributed by atoms with Crippen molar-refractivity contribution in [2.75, 3.05) is 6.54 Å². The van der Waals surface area contributed by atoms with Crippen LogP contribution < -0.4 is 0 Å². The third-order valence-corrected chi connectivity index (χ3v) is 6.13. The fraction of sp³-hybridized carbons (Fsp3) is 0.130. The molecule has 162 valence electrons. The van der Waals surface area contributed by atoms with Gasteiger partial charge in [-0.3, -0.25) is 24.6 Å². The molecule has 2 amide bonds. The summed E-state index contributed by atoms with van der Waals surface area (Å²) in [5, 5.41) is 11.0. The molecule has 0 unspecified atom stereocenters. The van der Waals surface area contributed by atoms with Crippen LogP contribution in [0.2, 0.25) is 5.02 Å². The maximum atomic E-state index is 12.7. The molecule has 9 heteroatoms. The Labute approximate surface area is 192 Å². The lowest BCUT2D eigenvalue weighted by molar-refractivity contribution is -0.384. The van der Waals surface area contributed by atoms with Crippen LogP contribution in [0.3, 0.4) is 0 Å². The summed E-state index contributed by atoms with van der Waals surface area (Å²) in [4.78, 5) is 37.0. The zero-order chi connectivity index (χ0) is 22.7. The van der Waals surface area contributed by atoms with E-state index in [0.29, 0.717) is 35.1 Å². The third kappa shape index (κ3) is 4.76. The molecule has 2 heterocycles. The van der Waals surface area contributed by atoms with Crippen molar-refractivity contribution in [3.05, 3.63) is 92.0 Å². The number of non-ortho nitro benzene ring substituents is 1. The van der Waals surface area contributed by atoms with Gasteiger partial charge in [0.15, 0.2) is 0 Å². The van der Waals surface area contributed by atoms with Crippen LogP contribution in [0, 0.1) is 10.1 Å². The highest BCUT2D eigenvalue weighted by atomic mass is 35.5. The van der Waals surface area contributed by atoms with Crippen LogP contribution in [0.4, 0.5) is 10.5 Å². The maximum Gasteiger partial charge on any atom is 0.293 e. The highest BCUT2D eigenvalue weighted by Gasteiger charge is 2.34. The Hall–Kier alpha value is -3.36. The maximum absolute atomic E-state index is 12.7. The Morgan fingerprint density at radius 2 is 1.88 bits per heavy atom. The van der Waals surface area contributed by atoms with Gasteiger partial charge >= 0.3 is 0 Å². The summed E-state index contributed by atoms with van der Waals surface area (Å²) in [5.41, 5.74) is 1.41. The van der Waals surface area contributed by atoms with E-state index in [1.54, 1.807) is 12.1 Å². The monoisotopic (exact) mass is 468 g/mol. The molecule has 2 aromatic carbocycles. The van der Waals surface area contributed by atoms with Crippen molar-refractivity contribution < 1.29 is 18.9 Å². The first-order valence-corrected chi connectivity index (χ1v) is 11.0. The number of hydrogen-bond acceptors (Lipinski definition) is 6. The van der Waals surface area contributed by atoms with E-state index in [2.05, 4.69) is 0 Å². The largest absolute Gasteiger partial charge is 0.457 e. The smallest absolute Gasteiger partial charge is 0.293 e. The molecule has 4 rings (SSSR count). The predicted octanol–water partition coefficient (Wildman–Crippen LogP) is 6.18. The van der Waals surface area contributed by atoms with Crippen molar-refractivity contribution in [2.24, 2.45) is 0 Å². The molecule has 0 atom stereocenters. The molecular formula is C23H17ClN2O5S. The van der Waals surface area contributed by atoms with Gasteiger partial charge in [-0.05, 0) is 48.4 Å². The van der Waals surface area contributed by atoms with Gasteiger partial charge in [-0.2, -0.15) is 0 Å². The van der Waals surface area contributed by atoms with E-state index in [4.69, 9.17) is 16.0 Å². The van der Waals surface area contributed by atoms with Crippen molar-refractivity contribution in [3.8, 4) is 11.3 Å². The van der Waals surface area contributed by atoms with Gasteiger partial charge in [-0.15, -0.1) is 0 Å². The first kappa shape index (κ1) is 21.9. The summed E-state index contributed by atoms with van der Waals surface area (Å²) in [6.45, 7) is 0.337. The number of nitrogens with zero attached hydrogens (tertiary/aromatic N) is 2. The fourth-order valence-electron chi connectivity index (χ4n) is 3.30. The number of rotatable bonds is 7. The van der Waals surface area contributed by atoms with Crippen LogP contribution in [0.1, 0.15) is 17.7 Å². The number of amides is 2. The number of imide groups is 1. The van der Waals surface area contributed by atoms with E-state index in [9.17, 15) is 19.7 Å². The molecule has 1 aliphatic heterocycles. The van der Waals surface area contributed by atoms with E-state index < -0.39 is 4.92 Å². The Balaban J connectivity index is 1.46. The molecule has 0 spiro atoms. The summed E-state index contributed by atoms with van der Waals surface area (Å²) >= 11 is 7.02. The molecule has 0 aliphatic carbocycles. The van der Waals surface area contributed by atoms with Gasteiger partial charge in [-0.1, -0.05) is 41.9 Å². The molecule has 0 N–H and O–H groups in total. The SMILES string of the molecule is O=C1S/C(=C/c2ccc(-c3cc([N+](=O)[O-])ccc3Cl)o2)C(=O)N1CCCc1ccccc1. The average Bonchev–Trinajstić information content (AvgIpc) is 3.34. The molecule has 1 aromatic heterocycles. The minimum absolute atomic E-state index is 0.112. The summed E-state index contributed by atoms with van der Waals surface area (Å²) in [5.74, 6) is 0.309. The van der Waals surface area contributed by atoms with Gasteiger partial charge in [0.25, 0.3) is 16.8 Å². The molecule has 7 nitrogen and oxygen atoms in total. The number of hydrogen-bond donors (Lipinski definition) is 0. The number of carbonyl (C=O) groups excluding carboxylic acids is 2. The zero-order valence-corrected chi connectivity index (χ0v) is 18.3. The van der Waals surface area contributed by atoms with Gasteiger partial charge in [-0.25, -0.2) is 0 Å². The summed E-state index contributed by atoms with van der Waals surface area (Å²) < 4.78 is 5.73. The number of halogens is 1. The molecule has 32 heavy (non-hydrogen) atoms. The standard InChI is InChI=1S/C23H17ClN2O5S/c24-19-10-8-16(26(29)30)13-18(19)20-11-9-17(31-20)14-21-22(27)25(23(28)32-21)12-4-7-15-5-2-1-3-6-15/h1-3,5-6,8-11,13-14H,4,7,12H2/b21-14+. The Kier molecular flexibility index (Phi) is 6.43. The summed E-state index contributed by atoms with van der Waals surface area (Å²) in [6, 6.07) is 17.2. The number of aryl methyl sites for hydroxylation is 1. The second-order valence-electron chi connectivity index (χ2n) is 7.05. The number of thioether (sulfide) groups is 1. The molecular weight excluding hydrogens is 452 g/mol. The molecule has 1 saturated heterocycles. The first-order chi connectivity index (χ1) is 15.4. The Morgan fingerprint density at radius 1 is 1.09 bits per heavy atom. The van der Waals surface area contributed by atoms with E-state index >= 15 is 0 Å². The average molecular weight is 469 g/mol. The predicted molar refractivity (Wildman–Crippen MR) is 123 cm³/mol. The number of nitro groups is 1. The van der Waals surface area contributed by atoms with Crippen LogP contribution in [0.25, 0.3) is 17.4 Å². The summed E-state index contributed by atoms with van der Waals surface area (Å²) in [7, 11) is 0.